The Bertz CT molecular complexity index is 809. The number of ether oxygens (including phenoxy) is 4. The zero-order valence-corrected chi connectivity index (χ0v) is 16.8. The van der Waals surface area contributed by atoms with Crippen LogP contribution in [-0.2, 0) is 11.3 Å². The van der Waals surface area contributed by atoms with E-state index >= 15 is 0 Å². The summed E-state index contributed by atoms with van der Waals surface area (Å²) >= 11 is 6.01. The lowest BCUT2D eigenvalue weighted by atomic mass is 10.1. The number of carbonyl (C=O) groups excluding carboxylic acids is 1. The maximum atomic E-state index is 12.4. The van der Waals surface area contributed by atoms with Crippen molar-refractivity contribution in [1.82, 2.24) is 5.32 Å². The Morgan fingerprint density at radius 2 is 1.78 bits per heavy atom. The number of methoxy groups -OCH3 is 3. The molecule has 7 heteroatoms. The summed E-state index contributed by atoms with van der Waals surface area (Å²) in [6, 6.07) is 8.85. The Morgan fingerprint density at radius 1 is 1.07 bits per heavy atom. The highest BCUT2D eigenvalue weighted by molar-refractivity contribution is 6.31. The molecule has 0 spiro atoms. The average molecular weight is 394 g/mol. The van der Waals surface area contributed by atoms with Crippen molar-refractivity contribution >= 4 is 17.5 Å². The zero-order valence-electron chi connectivity index (χ0n) is 16.1. The highest BCUT2D eigenvalue weighted by atomic mass is 35.5. The minimum absolute atomic E-state index is 0.251. The van der Waals surface area contributed by atoms with Crippen LogP contribution in [0.1, 0.15) is 18.1 Å². The predicted molar refractivity (Wildman–Crippen MR) is 104 cm³/mol. The Kier molecular flexibility index (Phi) is 7.19. The molecule has 146 valence electrons. The summed E-state index contributed by atoms with van der Waals surface area (Å²) in [5.74, 6) is 1.88. The molecule has 0 saturated carbocycles. The first-order valence-electron chi connectivity index (χ1n) is 8.39. The van der Waals surface area contributed by atoms with E-state index in [0.717, 1.165) is 11.1 Å². The summed E-state index contributed by atoms with van der Waals surface area (Å²) in [5.41, 5.74) is 1.65. The van der Waals surface area contributed by atoms with Crippen molar-refractivity contribution in [3.8, 4) is 23.0 Å². The van der Waals surface area contributed by atoms with Crippen LogP contribution in [0.3, 0.4) is 0 Å². The number of hydrogen-bond donors (Lipinski definition) is 1. The molecule has 0 fully saturated rings. The molecule has 0 bridgehead atoms. The normalized spacial score (nSPS) is 11.5. The summed E-state index contributed by atoms with van der Waals surface area (Å²) < 4.78 is 21.7. The van der Waals surface area contributed by atoms with Gasteiger partial charge in [-0.2, -0.15) is 0 Å². The Labute approximate surface area is 164 Å². The van der Waals surface area contributed by atoms with Crippen molar-refractivity contribution in [2.45, 2.75) is 26.5 Å². The number of amides is 1. The maximum Gasteiger partial charge on any atom is 0.261 e. The first kappa shape index (κ1) is 20.7. The van der Waals surface area contributed by atoms with E-state index in [9.17, 15) is 4.79 Å². The molecule has 1 atom stereocenters. The summed E-state index contributed by atoms with van der Waals surface area (Å²) in [6.07, 6.45) is -0.670. The summed E-state index contributed by atoms with van der Waals surface area (Å²) in [6.45, 7) is 3.82. The third kappa shape index (κ3) is 4.98. The number of rotatable bonds is 8. The van der Waals surface area contributed by atoms with Gasteiger partial charge in [0.2, 0.25) is 5.75 Å². The highest BCUT2D eigenvalue weighted by Crippen LogP contribution is 2.39. The molecule has 0 aliphatic rings. The monoisotopic (exact) mass is 393 g/mol. The molecule has 1 unspecified atom stereocenters. The van der Waals surface area contributed by atoms with E-state index in [-0.39, 0.29) is 12.5 Å². The van der Waals surface area contributed by atoms with E-state index in [1.54, 1.807) is 38.3 Å². The van der Waals surface area contributed by atoms with Crippen LogP contribution < -0.4 is 24.3 Å². The molecule has 1 amide bonds. The van der Waals surface area contributed by atoms with Crippen LogP contribution in [0, 0.1) is 6.92 Å². The van der Waals surface area contributed by atoms with Crippen LogP contribution in [0.2, 0.25) is 5.02 Å². The highest BCUT2D eigenvalue weighted by Gasteiger charge is 2.19. The van der Waals surface area contributed by atoms with Gasteiger partial charge in [-0.05, 0) is 49.7 Å². The number of aryl methyl sites for hydroxylation is 1. The van der Waals surface area contributed by atoms with E-state index < -0.39 is 6.10 Å². The van der Waals surface area contributed by atoms with Crippen LogP contribution in [0.15, 0.2) is 30.3 Å². The fraction of sp³-hybridized carbons (Fsp3) is 0.350. The number of hydrogen-bond acceptors (Lipinski definition) is 5. The van der Waals surface area contributed by atoms with Crippen molar-refractivity contribution in [2.24, 2.45) is 0 Å². The van der Waals surface area contributed by atoms with E-state index in [1.165, 1.54) is 14.2 Å². The lowest BCUT2D eigenvalue weighted by Gasteiger charge is -2.18. The van der Waals surface area contributed by atoms with Crippen molar-refractivity contribution < 1.29 is 23.7 Å². The minimum atomic E-state index is -0.670. The molecule has 2 aromatic carbocycles. The van der Waals surface area contributed by atoms with Gasteiger partial charge < -0.3 is 24.3 Å². The second kappa shape index (κ2) is 9.37. The average Bonchev–Trinajstić information content (AvgIpc) is 2.67. The molecule has 1 N–H and O–H groups in total. The number of nitrogens with one attached hydrogen (secondary N) is 1. The van der Waals surface area contributed by atoms with Gasteiger partial charge in [-0.15, -0.1) is 0 Å². The molecule has 27 heavy (non-hydrogen) atoms. The number of halogens is 1. The van der Waals surface area contributed by atoms with Crippen LogP contribution >= 0.6 is 11.6 Å². The van der Waals surface area contributed by atoms with Crippen LogP contribution in [0.5, 0.6) is 23.0 Å². The van der Waals surface area contributed by atoms with Gasteiger partial charge in [-0.1, -0.05) is 11.6 Å². The summed E-state index contributed by atoms with van der Waals surface area (Å²) in [5, 5.41) is 3.49. The van der Waals surface area contributed by atoms with Gasteiger partial charge in [0, 0.05) is 17.1 Å². The molecule has 0 radical (unpaired) electrons. The van der Waals surface area contributed by atoms with Crippen molar-refractivity contribution in [3.05, 3.63) is 46.5 Å². The predicted octanol–water partition coefficient (Wildman–Crippen LogP) is 3.76. The molecule has 0 aliphatic carbocycles. The lowest BCUT2D eigenvalue weighted by Crippen LogP contribution is -2.36. The summed E-state index contributed by atoms with van der Waals surface area (Å²) in [4.78, 5) is 12.4. The fourth-order valence-corrected chi connectivity index (χ4v) is 2.69. The molecule has 2 rings (SSSR count). The largest absolute Gasteiger partial charge is 0.493 e. The lowest BCUT2D eigenvalue weighted by molar-refractivity contribution is -0.127. The SMILES string of the molecule is COc1ccc(CNC(=O)C(C)Oc2ccc(Cl)c(C)c2)c(OC)c1OC. The molecule has 0 saturated heterocycles. The van der Waals surface area contributed by atoms with Crippen LogP contribution in [0.4, 0.5) is 0 Å². The Hall–Kier alpha value is -2.60. The van der Waals surface area contributed by atoms with Crippen molar-refractivity contribution in [2.75, 3.05) is 21.3 Å². The third-order valence-corrected chi connectivity index (χ3v) is 4.47. The molecule has 0 heterocycles. The molecular formula is C20H24ClNO5. The van der Waals surface area contributed by atoms with E-state index in [1.807, 2.05) is 13.0 Å². The standard InChI is InChI=1S/C20H24ClNO5/c1-12-10-15(7-8-16(12)21)27-13(2)20(23)22-11-14-6-9-17(24-3)19(26-5)18(14)25-4/h6-10,13H,11H2,1-5H3,(H,22,23). The number of carbonyl (C=O) groups is 1. The van der Waals surface area contributed by atoms with E-state index in [2.05, 4.69) is 5.32 Å². The smallest absolute Gasteiger partial charge is 0.261 e. The minimum Gasteiger partial charge on any atom is -0.493 e. The first-order chi connectivity index (χ1) is 12.9. The molecule has 0 aliphatic heterocycles. The quantitative estimate of drug-likeness (QED) is 0.739. The Balaban J connectivity index is 2.05. The third-order valence-electron chi connectivity index (χ3n) is 4.05. The van der Waals surface area contributed by atoms with Crippen LogP contribution in [-0.4, -0.2) is 33.3 Å². The molecule has 2 aromatic rings. The maximum absolute atomic E-state index is 12.4. The molecule has 6 nitrogen and oxygen atoms in total. The van der Waals surface area contributed by atoms with Crippen LogP contribution in [0.25, 0.3) is 0 Å². The second-order valence-corrected chi connectivity index (χ2v) is 6.29. The summed E-state index contributed by atoms with van der Waals surface area (Å²) in [7, 11) is 4.63. The Morgan fingerprint density at radius 3 is 2.37 bits per heavy atom. The van der Waals surface area contributed by atoms with Crippen molar-refractivity contribution in [3.63, 3.8) is 0 Å². The zero-order chi connectivity index (χ0) is 20.0. The van der Waals surface area contributed by atoms with Gasteiger partial charge in [0.1, 0.15) is 5.75 Å². The van der Waals surface area contributed by atoms with Crippen molar-refractivity contribution in [1.29, 1.82) is 0 Å². The van der Waals surface area contributed by atoms with Gasteiger partial charge in [0.05, 0.1) is 21.3 Å². The van der Waals surface area contributed by atoms with E-state index in [4.69, 9.17) is 30.5 Å². The van der Waals surface area contributed by atoms with Gasteiger partial charge in [-0.3, -0.25) is 4.79 Å². The topological polar surface area (TPSA) is 66.0 Å². The van der Waals surface area contributed by atoms with Gasteiger partial charge in [0.15, 0.2) is 17.6 Å². The van der Waals surface area contributed by atoms with Gasteiger partial charge in [-0.25, -0.2) is 0 Å². The fourth-order valence-electron chi connectivity index (χ4n) is 2.58. The number of benzene rings is 2. The molecule has 0 aromatic heterocycles. The second-order valence-electron chi connectivity index (χ2n) is 5.88. The first-order valence-corrected chi connectivity index (χ1v) is 8.77. The van der Waals surface area contributed by atoms with Gasteiger partial charge in [0.25, 0.3) is 5.91 Å². The van der Waals surface area contributed by atoms with E-state index in [0.29, 0.717) is 28.0 Å². The van der Waals surface area contributed by atoms with Gasteiger partial charge >= 0.3 is 0 Å². The molecular weight excluding hydrogens is 370 g/mol.